The van der Waals surface area contributed by atoms with E-state index in [1.807, 2.05) is 67.0 Å². The van der Waals surface area contributed by atoms with Gasteiger partial charge >= 0.3 is 0 Å². The van der Waals surface area contributed by atoms with E-state index in [2.05, 4.69) is 63.3 Å². The van der Waals surface area contributed by atoms with Crippen molar-refractivity contribution in [1.29, 1.82) is 0 Å². The normalized spacial score (nSPS) is 10.2. The fraction of sp³-hybridized carbons (Fsp3) is 0.129. The molecule has 40 heavy (non-hydrogen) atoms. The van der Waals surface area contributed by atoms with Crippen LogP contribution in [-0.4, -0.2) is 5.91 Å². The van der Waals surface area contributed by atoms with Gasteiger partial charge in [0.2, 0.25) is 5.52 Å². The number of nitrogen functional groups attached to an aromatic ring is 1. The quantitative estimate of drug-likeness (QED) is 0.100. The molecule has 5 N–H and O–H groups in total. The summed E-state index contributed by atoms with van der Waals surface area (Å²) in [5.74, 6) is -0.217. The first-order valence-electron chi connectivity index (χ1n) is 12.8. The molecule has 0 aliphatic carbocycles. The van der Waals surface area contributed by atoms with E-state index in [0.29, 0.717) is 16.9 Å². The van der Waals surface area contributed by atoms with Crippen LogP contribution in [0.25, 0.3) is 10.9 Å². The molecule has 0 aliphatic heterocycles. The third-order valence-electron chi connectivity index (χ3n) is 6.54. The van der Waals surface area contributed by atoms with E-state index < -0.39 is 0 Å². The lowest BCUT2D eigenvalue weighted by Crippen LogP contribution is -3.00. The van der Waals surface area contributed by atoms with Crippen molar-refractivity contribution < 1.29 is 61.9 Å². The summed E-state index contributed by atoms with van der Waals surface area (Å²) < 4.78 is 4.30. The maximum atomic E-state index is 12.9. The molecule has 0 spiro atoms. The first-order valence-corrected chi connectivity index (χ1v) is 12.8. The molecule has 7 nitrogen and oxygen atoms in total. The monoisotopic (exact) mass is 758 g/mol. The number of aromatic nitrogens is 2. The largest absolute Gasteiger partial charge is 1.00 e. The van der Waals surface area contributed by atoms with Crippen LogP contribution >= 0.6 is 0 Å². The van der Waals surface area contributed by atoms with E-state index in [-0.39, 0.29) is 53.9 Å². The summed E-state index contributed by atoms with van der Waals surface area (Å²) in [6.45, 7) is 6.05. The molecule has 9 heteroatoms. The lowest BCUT2D eigenvalue weighted by molar-refractivity contribution is -0.693. The number of rotatable bonds is 8. The van der Waals surface area contributed by atoms with Gasteiger partial charge in [0, 0.05) is 41.2 Å². The zero-order chi connectivity index (χ0) is 26.5. The van der Waals surface area contributed by atoms with Crippen molar-refractivity contribution in [2.75, 3.05) is 21.7 Å². The Balaban J connectivity index is 0.00000220. The van der Waals surface area contributed by atoms with Crippen LogP contribution in [0.4, 0.5) is 34.1 Å². The predicted octanol–water partition coefficient (Wildman–Crippen LogP) is -0.216. The van der Waals surface area contributed by atoms with Gasteiger partial charge in [-0.15, -0.1) is 0 Å². The molecule has 1 amide bonds. The van der Waals surface area contributed by atoms with E-state index in [1.165, 1.54) is 5.52 Å². The van der Waals surface area contributed by atoms with Crippen molar-refractivity contribution >= 4 is 50.9 Å². The predicted molar refractivity (Wildman–Crippen MR) is 154 cm³/mol. The van der Waals surface area contributed by atoms with Gasteiger partial charge in [-0.1, -0.05) is 12.1 Å². The van der Waals surface area contributed by atoms with E-state index >= 15 is 0 Å². The van der Waals surface area contributed by atoms with Gasteiger partial charge in [-0.25, -0.2) is 4.57 Å². The molecule has 0 bridgehead atoms. The van der Waals surface area contributed by atoms with Gasteiger partial charge in [0.1, 0.15) is 13.1 Å². The van der Waals surface area contributed by atoms with E-state index in [0.717, 1.165) is 41.2 Å². The van der Waals surface area contributed by atoms with Crippen LogP contribution in [-0.2, 0) is 13.1 Å². The number of pyridine rings is 2. The highest BCUT2D eigenvalue weighted by Crippen LogP contribution is 2.27. The molecule has 0 saturated heterocycles. The second-order valence-electron chi connectivity index (χ2n) is 9.03. The molecule has 0 unspecified atom stereocenters. The van der Waals surface area contributed by atoms with Crippen LogP contribution in [0.15, 0.2) is 104 Å². The maximum absolute atomic E-state index is 12.9. The molecule has 5 rings (SSSR count). The van der Waals surface area contributed by atoms with Gasteiger partial charge in [0.15, 0.2) is 18.6 Å². The second kappa shape index (κ2) is 14.3. The molecule has 0 atom stereocenters. The van der Waals surface area contributed by atoms with Crippen molar-refractivity contribution in [1.82, 2.24) is 0 Å². The summed E-state index contributed by atoms with van der Waals surface area (Å²) in [4.78, 5) is 12.9. The fourth-order valence-electron chi connectivity index (χ4n) is 4.40. The average Bonchev–Trinajstić information content (AvgIpc) is 2.95. The standard InChI is InChI=1S/C31H30N6O.2HI/c1-3-36-18-15-24(16-19-36)33-25-13-14-29(27(32)21-25)35-31(38)22-9-11-23(12-10-22)34-28-17-20-37(4-2)30-8-6-5-7-26(28)30;;/h5-21H,3-4,32H2,1-2H3,(H,35,38);2*1H. The summed E-state index contributed by atoms with van der Waals surface area (Å²) >= 11 is 0. The molecule has 0 saturated carbocycles. The Morgan fingerprint density at radius 2 is 1.40 bits per heavy atom. The number of fused-ring (bicyclic) bond motifs is 1. The molecular weight excluding hydrogens is 726 g/mol. The number of anilines is 6. The Hall–Kier alpha value is -3.45. The van der Waals surface area contributed by atoms with Crippen molar-refractivity contribution in [3.8, 4) is 0 Å². The smallest absolute Gasteiger partial charge is 0.255 e. The Morgan fingerprint density at radius 1 is 0.725 bits per heavy atom. The van der Waals surface area contributed by atoms with Crippen LogP contribution in [0.3, 0.4) is 0 Å². The van der Waals surface area contributed by atoms with Crippen LogP contribution in [0.1, 0.15) is 24.2 Å². The number of amides is 1. The molecule has 3 aromatic carbocycles. The number of aryl methyl sites for hydroxylation is 2. The minimum atomic E-state index is -0.217. The highest BCUT2D eigenvalue weighted by molar-refractivity contribution is 6.06. The number of hydrogen-bond acceptors (Lipinski definition) is 4. The second-order valence-corrected chi connectivity index (χ2v) is 9.03. The number of carbonyl (C=O) groups excluding carboxylic acids is 1. The summed E-state index contributed by atoms with van der Waals surface area (Å²) in [5, 5.41) is 10.9. The number of nitrogens with zero attached hydrogens (tertiary/aromatic N) is 2. The van der Waals surface area contributed by atoms with E-state index in [1.54, 1.807) is 12.1 Å². The number of nitrogens with two attached hydrogens (primary N) is 1. The van der Waals surface area contributed by atoms with Crippen LogP contribution < -0.4 is 78.8 Å². The molecule has 206 valence electrons. The molecule has 2 aromatic heterocycles. The van der Waals surface area contributed by atoms with Gasteiger partial charge in [0.05, 0.1) is 28.1 Å². The number of halogens is 2. The lowest BCUT2D eigenvalue weighted by atomic mass is 10.1. The number of benzene rings is 3. The first-order chi connectivity index (χ1) is 18.5. The maximum Gasteiger partial charge on any atom is 0.255 e. The van der Waals surface area contributed by atoms with Gasteiger partial charge < -0.3 is 69.6 Å². The van der Waals surface area contributed by atoms with Crippen molar-refractivity contribution in [3.63, 3.8) is 0 Å². The highest BCUT2D eigenvalue weighted by atomic mass is 127. The van der Waals surface area contributed by atoms with Gasteiger partial charge in [-0.05, 0) is 62.4 Å². The van der Waals surface area contributed by atoms with E-state index in [9.17, 15) is 4.79 Å². The minimum absolute atomic E-state index is 0. The molecule has 0 radical (unpaired) electrons. The average molecular weight is 758 g/mol. The molecule has 0 aliphatic rings. The Morgan fingerprint density at radius 3 is 2.08 bits per heavy atom. The summed E-state index contributed by atoms with van der Waals surface area (Å²) in [6.07, 6.45) is 6.12. The zero-order valence-corrected chi connectivity index (χ0v) is 26.7. The first kappa shape index (κ1) is 31.1. The summed E-state index contributed by atoms with van der Waals surface area (Å²) in [6, 6.07) is 27.4. The fourth-order valence-corrected chi connectivity index (χ4v) is 4.40. The van der Waals surface area contributed by atoms with Gasteiger partial charge in [0.25, 0.3) is 5.91 Å². The van der Waals surface area contributed by atoms with Crippen molar-refractivity contribution in [2.24, 2.45) is 0 Å². The van der Waals surface area contributed by atoms with Gasteiger partial charge in [-0.3, -0.25) is 4.79 Å². The summed E-state index contributed by atoms with van der Waals surface area (Å²) in [7, 11) is 0. The Kier molecular flexibility index (Phi) is 11.1. The Labute approximate surface area is 268 Å². The third-order valence-corrected chi connectivity index (χ3v) is 6.54. The van der Waals surface area contributed by atoms with Crippen LogP contribution in [0.2, 0.25) is 0 Å². The Bertz CT molecular complexity index is 1590. The van der Waals surface area contributed by atoms with Crippen LogP contribution in [0.5, 0.6) is 0 Å². The number of hydrogen-bond donors (Lipinski definition) is 4. The van der Waals surface area contributed by atoms with E-state index in [4.69, 9.17) is 5.73 Å². The van der Waals surface area contributed by atoms with Crippen molar-refractivity contribution in [2.45, 2.75) is 26.9 Å². The SMILES string of the molecule is CC[n+]1ccc(Nc2ccc(NC(=O)c3ccc(Nc4cc[n+](CC)c5ccccc45)cc3)c(N)c2)cc1.[I-].[I-]. The summed E-state index contributed by atoms with van der Waals surface area (Å²) in [5.41, 5.74) is 12.8. The third kappa shape index (κ3) is 7.19. The van der Waals surface area contributed by atoms with Crippen molar-refractivity contribution in [3.05, 3.63) is 109 Å². The topological polar surface area (TPSA) is 86.9 Å². The number of para-hydroxylation sites is 1. The number of carbonyl (C=O) groups is 1. The molecule has 5 aromatic rings. The van der Waals surface area contributed by atoms with Crippen LogP contribution in [0, 0.1) is 0 Å². The van der Waals surface area contributed by atoms with Gasteiger partial charge in [-0.2, -0.15) is 4.57 Å². The zero-order valence-electron chi connectivity index (χ0n) is 22.4. The highest BCUT2D eigenvalue weighted by Gasteiger charge is 2.12. The minimum Gasteiger partial charge on any atom is -1.00 e. The molecule has 0 fully saturated rings. The molecule has 2 heterocycles. The number of nitrogens with one attached hydrogen (secondary N) is 3. The lowest BCUT2D eigenvalue weighted by Gasteiger charge is -2.12. The molecular formula is C31H32I2N6O.